The van der Waals surface area contributed by atoms with Crippen LogP contribution in [0.1, 0.15) is 31.3 Å². The molecule has 2 amide bonds. The number of hydrogen-bond donors (Lipinski definition) is 1. The molecule has 0 aromatic carbocycles. The van der Waals surface area contributed by atoms with Gasteiger partial charge < -0.3 is 10.2 Å². The number of thiazole rings is 1. The van der Waals surface area contributed by atoms with E-state index >= 15 is 0 Å². The summed E-state index contributed by atoms with van der Waals surface area (Å²) in [5.41, 5.74) is 0. The number of rotatable bonds is 3. The molecule has 2 unspecified atom stereocenters. The molecule has 0 aliphatic carbocycles. The first kappa shape index (κ1) is 12.0. The Labute approximate surface area is 104 Å². The van der Waals surface area contributed by atoms with E-state index in [-0.39, 0.29) is 24.4 Å². The van der Waals surface area contributed by atoms with Gasteiger partial charge in [0, 0.05) is 11.6 Å². The summed E-state index contributed by atoms with van der Waals surface area (Å²) < 4.78 is 0. The van der Waals surface area contributed by atoms with Crippen LogP contribution >= 0.6 is 11.3 Å². The standard InChI is InChI=1S/C11H15N3O2S/c1-3-8(11-12-4-5-17-11)14-7(2)10(16)13-6-9(14)15/h4-5,7-8H,3,6H2,1-2H3,(H,13,16). The van der Waals surface area contributed by atoms with E-state index in [2.05, 4.69) is 10.3 Å². The van der Waals surface area contributed by atoms with Crippen LogP contribution in [0.15, 0.2) is 11.6 Å². The number of nitrogens with zero attached hydrogens (tertiary/aromatic N) is 2. The SMILES string of the molecule is CCC(c1nccs1)N1C(=O)CNC(=O)C1C. The van der Waals surface area contributed by atoms with Crippen LogP contribution < -0.4 is 5.32 Å². The van der Waals surface area contributed by atoms with E-state index in [1.807, 2.05) is 12.3 Å². The van der Waals surface area contributed by atoms with Crippen molar-refractivity contribution >= 4 is 23.2 Å². The van der Waals surface area contributed by atoms with Gasteiger partial charge in [0.25, 0.3) is 0 Å². The van der Waals surface area contributed by atoms with Gasteiger partial charge >= 0.3 is 0 Å². The van der Waals surface area contributed by atoms with Crippen LogP contribution in [-0.2, 0) is 9.59 Å². The van der Waals surface area contributed by atoms with E-state index < -0.39 is 6.04 Å². The molecule has 0 spiro atoms. The van der Waals surface area contributed by atoms with Crippen molar-refractivity contribution in [3.63, 3.8) is 0 Å². The van der Waals surface area contributed by atoms with Crippen LogP contribution in [0.5, 0.6) is 0 Å². The molecule has 1 saturated heterocycles. The van der Waals surface area contributed by atoms with Crippen molar-refractivity contribution < 1.29 is 9.59 Å². The molecule has 5 nitrogen and oxygen atoms in total. The van der Waals surface area contributed by atoms with E-state index in [4.69, 9.17) is 0 Å². The third-order valence-electron chi connectivity index (χ3n) is 2.96. The molecular formula is C11H15N3O2S. The second-order valence-corrected chi connectivity index (χ2v) is 4.92. The quantitative estimate of drug-likeness (QED) is 0.872. The maximum atomic E-state index is 11.9. The summed E-state index contributed by atoms with van der Waals surface area (Å²) in [6.45, 7) is 3.84. The third kappa shape index (κ3) is 2.17. The van der Waals surface area contributed by atoms with Gasteiger partial charge in [0.05, 0.1) is 12.6 Å². The van der Waals surface area contributed by atoms with Crippen molar-refractivity contribution in [3.8, 4) is 0 Å². The molecule has 0 bridgehead atoms. The first-order valence-corrected chi connectivity index (χ1v) is 6.51. The van der Waals surface area contributed by atoms with Gasteiger partial charge in [-0.2, -0.15) is 0 Å². The van der Waals surface area contributed by atoms with Gasteiger partial charge in [-0.25, -0.2) is 4.98 Å². The van der Waals surface area contributed by atoms with Gasteiger partial charge in [-0.05, 0) is 13.3 Å². The highest BCUT2D eigenvalue weighted by molar-refractivity contribution is 7.09. The molecule has 1 aromatic heterocycles. The molecule has 1 aliphatic rings. The van der Waals surface area contributed by atoms with Crippen LogP contribution in [-0.4, -0.2) is 34.3 Å². The Kier molecular flexibility index (Phi) is 3.42. The molecule has 1 aromatic rings. The van der Waals surface area contributed by atoms with Crippen molar-refractivity contribution in [1.29, 1.82) is 0 Å². The van der Waals surface area contributed by atoms with Crippen molar-refractivity contribution in [1.82, 2.24) is 15.2 Å². The molecule has 17 heavy (non-hydrogen) atoms. The van der Waals surface area contributed by atoms with E-state index in [0.29, 0.717) is 0 Å². The monoisotopic (exact) mass is 253 g/mol. The zero-order valence-electron chi connectivity index (χ0n) is 9.84. The minimum atomic E-state index is -0.426. The maximum absolute atomic E-state index is 11.9. The highest BCUT2D eigenvalue weighted by Gasteiger charge is 2.36. The number of carbonyl (C=O) groups excluding carboxylic acids is 2. The summed E-state index contributed by atoms with van der Waals surface area (Å²) in [4.78, 5) is 29.5. The third-order valence-corrected chi connectivity index (χ3v) is 3.83. The van der Waals surface area contributed by atoms with Crippen molar-refractivity contribution in [2.75, 3.05) is 6.54 Å². The Hall–Kier alpha value is -1.43. The van der Waals surface area contributed by atoms with Crippen LogP contribution in [0.25, 0.3) is 0 Å². The predicted octanol–water partition coefficient (Wildman–Crippen LogP) is 0.941. The lowest BCUT2D eigenvalue weighted by Gasteiger charge is -2.37. The molecule has 2 heterocycles. The fraction of sp³-hybridized carbons (Fsp3) is 0.545. The second-order valence-electron chi connectivity index (χ2n) is 3.99. The molecular weight excluding hydrogens is 238 g/mol. The molecule has 2 atom stereocenters. The van der Waals surface area contributed by atoms with Crippen LogP contribution in [0, 0.1) is 0 Å². The molecule has 92 valence electrons. The summed E-state index contributed by atoms with van der Waals surface area (Å²) in [6.07, 6.45) is 2.48. The molecule has 2 rings (SSSR count). The topological polar surface area (TPSA) is 62.3 Å². The summed E-state index contributed by atoms with van der Waals surface area (Å²) >= 11 is 1.52. The molecule has 0 saturated carbocycles. The van der Waals surface area contributed by atoms with Crippen molar-refractivity contribution in [2.45, 2.75) is 32.4 Å². The molecule has 1 aliphatic heterocycles. The second kappa shape index (κ2) is 4.83. The fourth-order valence-electron chi connectivity index (χ4n) is 2.08. The average molecular weight is 253 g/mol. The van der Waals surface area contributed by atoms with Crippen molar-refractivity contribution in [2.24, 2.45) is 0 Å². The smallest absolute Gasteiger partial charge is 0.243 e. The molecule has 1 fully saturated rings. The number of piperazine rings is 1. The molecule has 6 heteroatoms. The number of carbonyl (C=O) groups is 2. The Bertz CT molecular complexity index is 418. The van der Waals surface area contributed by atoms with Gasteiger partial charge in [-0.15, -0.1) is 11.3 Å². The Morgan fingerprint density at radius 3 is 3.00 bits per heavy atom. The van der Waals surface area contributed by atoms with E-state index in [0.717, 1.165) is 11.4 Å². The summed E-state index contributed by atoms with van der Waals surface area (Å²) in [7, 11) is 0. The zero-order chi connectivity index (χ0) is 12.4. The highest BCUT2D eigenvalue weighted by Crippen LogP contribution is 2.28. The van der Waals surface area contributed by atoms with E-state index in [1.54, 1.807) is 18.0 Å². The Morgan fingerprint density at radius 2 is 2.41 bits per heavy atom. The number of nitrogens with one attached hydrogen (secondary N) is 1. The predicted molar refractivity (Wildman–Crippen MR) is 64.5 cm³/mol. The molecule has 1 N–H and O–H groups in total. The molecule has 0 radical (unpaired) electrons. The van der Waals surface area contributed by atoms with Crippen LogP contribution in [0.4, 0.5) is 0 Å². The summed E-state index contributed by atoms with van der Waals surface area (Å²) in [5.74, 6) is -0.140. The first-order valence-electron chi connectivity index (χ1n) is 5.63. The minimum absolute atomic E-state index is 0.0425. The Balaban J connectivity index is 2.28. The first-order chi connectivity index (χ1) is 8.15. The Morgan fingerprint density at radius 1 is 1.65 bits per heavy atom. The highest BCUT2D eigenvalue weighted by atomic mass is 32.1. The van der Waals surface area contributed by atoms with E-state index in [9.17, 15) is 9.59 Å². The normalized spacial score (nSPS) is 22.5. The van der Waals surface area contributed by atoms with Gasteiger partial charge in [0.1, 0.15) is 11.0 Å². The lowest BCUT2D eigenvalue weighted by atomic mass is 10.1. The summed E-state index contributed by atoms with van der Waals surface area (Å²) in [5, 5.41) is 5.37. The van der Waals surface area contributed by atoms with Crippen LogP contribution in [0.2, 0.25) is 0 Å². The van der Waals surface area contributed by atoms with Crippen LogP contribution in [0.3, 0.4) is 0 Å². The zero-order valence-corrected chi connectivity index (χ0v) is 10.7. The van der Waals surface area contributed by atoms with Gasteiger partial charge in [-0.3, -0.25) is 9.59 Å². The number of hydrogen-bond acceptors (Lipinski definition) is 4. The summed E-state index contributed by atoms with van der Waals surface area (Å²) in [6, 6.07) is -0.520. The van der Waals surface area contributed by atoms with Crippen molar-refractivity contribution in [3.05, 3.63) is 16.6 Å². The van der Waals surface area contributed by atoms with Gasteiger partial charge in [-0.1, -0.05) is 6.92 Å². The van der Waals surface area contributed by atoms with Gasteiger partial charge in [0.2, 0.25) is 11.8 Å². The number of amides is 2. The maximum Gasteiger partial charge on any atom is 0.243 e. The van der Waals surface area contributed by atoms with E-state index in [1.165, 1.54) is 11.3 Å². The largest absolute Gasteiger partial charge is 0.345 e. The average Bonchev–Trinajstić information content (AvgIpc) is 2.83. The van der Waals surface area contributed by atoms with Gasteiger partial charge in [0.15, 0.2) is 0 Å². The lowest BCUT2D eigenvalue weighted by Crippen LogP contribution is -2.57. The number of aromatic nitrogens is 1. The lowest BCUT2D eigenvalue weighted by molar-refractivity contribution is -0.147. The minimum Gasteiger partial charge on any atom is -0.345 e. The fourth-order valence-corrected chi connectivity index (χ4v) is 2.90.